The van der Waals surface area contributed by atoms with Crippen LogP contribution in [0.3, 0.4) is 0 Å². The van der Waals surface area contributed by atoms with E-state index in [4.69, 9.17) is 10.5 Å². The second-order valence-electron chi connectivity index (χ2n) is 6.03. The topological polar surface area (TPSA) is 35.2 Å². The number of benzene rings is 1. The van der Waals surface area contributed by atoms with E-state index >= 15 is 0 Å². The molecule has 0 aliphatic heterocycles. The van der Waals surface area contributed by atoms with Crippen LogP contribution in [0.15, 0.2) is 18.2 Å². The van der Waals surface area contributed by atoms with E-state index in [2.05, 4.69) is 32.0 Å². The Morgan fingerprint density at radius 1 is 1.37 bits per heavy atom. The molecule has 1 aromatic carbocycles. The molecule has 0 bridgehead atoms. The molecule has 2 nitrogen and oxygen atoms in total. The molecule has 2 N–H and O–H groups in total. The maximum atomic E-state index is 6.45. The standard InChI is InChI=1S/C17H27NO/c1-4-13-6-7-14(10-13)16(18)11-15-9-12(2)5-8-17(15)19-3/h5,8-9,13-14,16H,4,6-7,10-11,18H2,1-3H3. The molecule has 3 unspecified atom stereocenters. The molecule has 1 aliphatic rings. The lowest BCUT2D eigenvalue weighted by Crippen LogP contribution is -2.31. The van der Waals surface area contributed by atoms with Crippen LogP contribution < -0.4 is 10.5 Å². The maximum Gasteiger partial charge on any atom is 0.122 e. The smallest absolute Gasteiger partial charge is 0.122 e. The summed E-state index contributed by atoms with van der Waals surface area (Å²) >= 11 is 0. The van der Waals surface area contributed by atoms with Gasteiger partial charge in [-0.3, -0.25) is 0 Å². The highest BCUT2D eigenvalue weighted by Crippen LogP contribution is 2.35. The largest absolute Gasteiger partial charge is 0.496 e. The summed E-state index contributed by atoms with van der Waals surface area (Å²) in [6.07, 6.45) is 6.21. The van der Waals surface area contributed by atoms with E-state index in [0.29, 0.717) is 5.92 Å². The van der Waals surface area contributed by atoms with Crippen molar-refractivity contribution >= 4 is 0 Å². The summed E-state index contributed by atoms with van der Waals surface area (Å²) in [5, 5.41) is 0. The number of nitrogens with two attached hydrogens (primary N) is 1. The second-order valence-corrected chi connectivity index (χ2v) is 6.03. The van der Waals surface area contributed by atoms with Gasteiger partial charge in [0.2, 0.25) is 0 Å². The van der Waals surface area contributed by atoms with Crippen molar-refractivity contribution in [3.63, 3.8) is 0 Å². The van der Waals surface area contributed by atoms with Crippen molar-refractivity contribution < 1.29 is 4.74 Å². The van der Waals surface area contributed by atoms with Gasteiger partial charge >= 0.3 is 0 Å². The summed E-state index contributed by atoms with van der Waals surface area (Å²) in [6, 6.07) is 6.63. The molecule has 1 aromatic rings. The summed E-state index contributed by atoms with van der Waals surface area (Å²) in [5.74, 6) is 2.57. The van der Waals surface area contributed by atoms with Crippen molar-refractivity contribution in [2.45, 2.75) is 52.0 Å². The van der Waals surface area contributed by atoms with Crippen molar-refractivity contribution in [3.8, 4) is 5.75 Å². The van der Waals surface area contributed by atoms with Gasteiger partial charge in [0.05, 0.1) is 7.11 Å². The molecule has 19 heavy (non-hydrogen) atoms. The Morgan fingerprint density at radius 3 is 2.79 bits per heavy atom. The zero-order valence-corrected chi connectivity index (χ0v) is 12.5. The molecule has 0 amide bonds. The highest BCUT2D eigenvalue weighted by atomic mass is 16.5. The lowest BCUT2D eigenvalue weighted by atomic mass is 9.91. The lowest BCUT2D eigenvalue weighted by molar-refractivity contribution is 0.386. The van der Waals surface area contributed by atoms with Crippen LogP contribution in [0.4, 0.5) is 0 Å². The first kappa shape index (κ1) is 14.4. The van der Waals surface area contributed by atoms with Crippen LogP contribution in [-0.4, -0.2) is 13.2 Å². The summed E-state index contributed by atoms with van der Waals surface area (Å²) in [7, 11) is 1.74. The van der Waals surface area contributed by atoms with E-state index in [-0.39, 0.29) is 6.04 Å². The molecular formula is C17H27NO. The van der Waals surface area contributed by atoms with Crippen molar-refractivity contribution in [3.05, 3.63) is 29.3 Å². The van der Waals surface area contributed by atoms with E-state index in [0.717, 1.165) is 18.1 Å². The SMILES string of the molecule is CCC1CCC(C(N)Cc2cc(C)ccc2OC)C1. The first-order chi connectivity index (χ1) is 9.13. The van der Waals surface area contributed by atoms with E-state index in [1.165, 1.54) is 36.8 Å². The van der Waals surface area contributed by atoms with Gasteiger partial charge in [-0.25, -0.2) is 0 Å². The van der Waals surface area contributed by atoms with E-state index in [1.807, 2.05) is 0 Å². The van der Waals surface area contributed by atoms with Gasteiger partial charge in [-0.15, -0.1) is 0 Å². The molecule has 2 heteroatoms. The maximum absolute atomic E-state index is 6.45. The average Bonchev–Trinajstić information content (AvgIpc) is 2.88. The third-order valence-electron chi connectivity index (χ3n) is 4.66. The zero-order chi connectivity index (χ0) is 13.8. The molecule has 106 valence electrons. The predicted molar refractivity (Wildman–Crippen MR) is 80.5 cm³/mol. The third-order valence-corrected chi connectivity index (χ3v) is 4.66. The Hall–Kier alpha value is -1.02. The fourth-order valence-corrected chi connectivity index (χ4v) is 3.36. The van der Waals surface area contributed by atoms with Gasteiger partial charge in [0, 0.05) is 6.04 Å². The van der Waals surface area contributed by atoms with Gasteiger partial charge in [0.25, 0.3) is 0 Å². The number of ether oxygens (including phenoxy) is 1. The Kier molecular flexibility index (Phi) is 4.87. The van der Waals surface area contributed by atoms with Crippen LogP contribution in [-0.2, 0) is 6.42 Å². The first-order valence-electron chi connectivity index (χ1n) is 7.53. The van der Waals surface area contributed by atoms with Crippen LogP contribution in [0.2, 0.25) is 0 Å². The average molecular weight is 261 g/mol. The van der Waals surface area contributed by atoms with Crippen molar-refractivity contribution in [2.75, 3.05) is 7.11 Å². The molecule has 0 radical (unpaired) electrons. The number of aryl methyl sites for hydroxylation is 1. The van der Waals surface area contributed by atoms with Gasteiger partial charge in [-0.2, -0.15) is 0 Å². The zero-order valence-electron chi connectivity index (χ0n) is 12.5. The highest BCUT2D eigenvalue weighted by molar-refractivity contribution is 5.37. The minimum absolute atomic E-state index is 0.271. The van der Waals surface area contributed by atoms with E-state index < -0.39 is 0 Å². The number of hydrogen-bond acceptors (Lipinski definition) is 2. The van der Waals surface area contributed by atoms with Crippen molar-refractivity contribution in [1.82, 2.24) is 0 Å². The van der Waals surface area contributed by atoms with Gasteiger partial charge in [0.15, 0.2) is 0 Å². The number of hydrogen-bond donors (Lipinski definition) is 1. The summed E-state index contributed by atoms with van der Waals surface area (Å²) in [6.45, 7) is 4.42. The quantitative estimate of drug-likeness (QED) is 0.877. The molecular weight excluding hydrogens is 234 g/mol. The van der Waals surface area contributed by atoms with Gasteiger partial charge in [0.1, 0.15) is 5.75 Å². The Balaban J connectivity index is 2.02. The van der Waals surface area contributed by atoms with Crippen LogP contribution in [0.5, 0.6) is 5.75 Å². The fourth-order valence-electron chi connectivity index (χ4n) is 3.36. The Morgan fingerprint density at radius 2 is 2.16 bits per heavy atom. The van der Waals surface area contributed by atoms with Crippen molar-refractivity contribution in [2.24, 2.45) is 17.6 Å². The summed E-state index contributed by atoms with van der Waals surface area (Å²) in [4.78, 5) is 0. The minimum Gasteiger partial charge on any atom is -0.496 e. The molecule has 0 heterocycles. The summed E-state index contributed by atoms with van der Waals surface area (Å²) in [5.41, 5.74) is 8.98. The van der Waals surface area contributed by atoms with Crippen LogP contribution in [0.1, 0.15) is 43.7 Å². The number of methoxy groups -OCH3 is 1. The molecule has 0 spiro atoms. The molecule has 3 atom stereocenters. The lowest BCUT2D eigenvalue weighted by Gasteiger charge is -2.21. The molecule has 1 fully saturated rings. The van der Waals surface area contributed by atoms with Gasteiger partial charge < -0.3 is 10.5 Å². The highest BCUT2D eigenvalue weighted by Gasteiger charge is 2.28. The normalized spacial score (nSPS) is 24.4. The second kappa shape index (κ2) is 6.42. The van der Waals surface area contributed by atoms with Crippen LogP contribution in [0.25, 0.3) is 0 Å². The minimum atomic E-state index is 0.271. The van der Waals surface area contributed by atoms with Crippen LogP contribution in [0, 0.1) is 18.8 Å². The fraction of sp³-hybridized carbons (Fsp3) is 0.647. The summed E-state index contributed by atoms with van der Waals surface area (Å²) < 4.78 is 5.45. The molecule has 0 aromatic heterocycles. The first-order valence-corrected chi connectivity index (χ1v) is 7.53. The molecule has 1 saturated carbocycles. The Labute approximate surface area is 117 Å². The van der Waals surface area contributed by atoms with Crippen molar-refractivity contribution in [1.29, 1.82) is 0 Å². The Bertz CT molecular complexity index is 416. The van der Waals surface area contributed by atoms with Gasteiger partial charge in [-0.1, -0.05) is 37.5 Å². The van der Waals surface area contributed by atoms with Crippen LogP contribution >= 0.6 is 0 Å². The third kappa shape index (κ3) is 3.50. The monoisotopic (exact) mass is 261 g/mol. The molecule has 1 aliphatic carbocycles. The molecule has 0 saturated heterocycles. The van der Waals surface area contributed by atoms with E-state index in [9.17, 15) is 0 Å². The number of rotatable bonds is 5. The van der Waals surface area contributed by atoms with Gasteiger partial charge in [-0.05, 0) is 49.7 Å². The van der Waals surface area contributed by atoms with E-state index in [1.54, 1.807) is 7.11 Å². The predicted octanol–water partition coefficient (Wildman–Crippen LogP) is 3.70. The molecule has 2 rings (SSSR count).